The largest absolute Gasteiger partial charge is 0.330 e. The van der Waals surface area contributed by atoms with Gasteiger partial charge in [-0.05, 0) is 38.9 Å². The van der Waals surface area contributed by atoms with E-state index in [1.807, 2.05) is 13.1 Å². The van der Waals surface area contributed by atoms with E-state index in [0.29, 0.717) is 11.7 Å². The molecule has 22 heavy (non-hydrogen) atoms. The zero-order chi connectivity index (χ0) is 15.7. The number of carbonyl (C=O) groups excluding carboxylic acids is 1. The van der Waals surface area contributed by atoms with Crippen LogP contribution in [-0.2, 0) is 7.05 Å². The monoisotopic (exact) mass is 304 g/mol. The first-order valence-corrected chi connectivity index (χ1v) is 8.57. The Morgan fingerprint density at radius 1 is 1.41 bits per heavy atom. The molecule has 1 aliphatic heterocycles. The summed E-state index contributed by atoms with van der Waals surface area (Å²) in [7, 11) is 4.03. The van der Waals surface area contributed by atoms with Crippen LogP contribution in [0.25, 0.3) is 0 Å². The molecule has 0 bridgehead atoms. The number of likely N-dealkylation sites (N-methyl/N-ethyl adjacent to an activating group) is 1. The zero-order valence-corrected chi connectivity index (χ0v) is 14.1. The van der Waals surface area contributed by atoms with Crippen molar-refractivity contribution in [2.75, 3.05) is 20.1 Å². The molecule has 0 radical (unpaired) electrons. The lowest BCUT2D eigenvalue weighted by molar-refractivity contribution is 0.0488. The summed E-state index contributed by atoms with van der Waals surface area (Å²) in [5, 5.41) is 4.17. The predicted octanol–water partition coefficient (Wildman–Crippen LogP) is 2.29. The van der Waals surface area contributed by atoms with Crippen LogP contribution in [0.1, 0.15) is 55.9 Å². The number of likely N-dealkylation sites (tertiary alicyclic amines) is 1. The van der Waals surface area contributed by atoms with Crippen LogP contribution in [0.2, 0.25) is 0 Å². The molecule has 1 amide bonds. The van der Waals surface area contributed by atoms with E-state index in [4.69, 9.17) is 0 Å². The van der Waals surface area contributed by atoms with Gasteiger partial charge < -0.3 is 9.80 Å². The van der Waals surface area contributed by atoms with Gasteiger partial charge in [0.1, 0.15) is 5.69 Å². The van der Waals surface area contributed by atoms with E-state index in [1.54, 1.807) is 10.9 Å². The van der Waals surface area contributed by atoms with E-state index in [9.17, 15) is 4.79 Å². The van der Waals surface area contributed by atoms with Crippen molar-refractivity contribution in [2.24, 2.45) is 7.05 Å². The van der Waals surface area contributed by atoms with Crippen LogP contribution in [0, 0.1) is 0 Å². The van der Waals surface area contributed by atoms with Crippen molar-refractivity contribution < 1.29 is 4.79 Å². The summed E-state index contributed by atoms with van der Waals surface area (Å²) in [6.07, 6.45) is 8.96. The van der Waals surface area contributed by atoms with E-state index in [2.05, 4.69) is 28.9 Å². The van der Waals surface area contributed by atoms with Crippen LogP contribution < -0.4 is 0 Å². The fourth-order valence-corrected chi connectivity index (χ4v) is 4.28. The fraction of sp³-hybridized carbons (Fsp3) is 0.765. The van der Waals surface area contributed by atoms with Crippen molar-refractivity contribution in [3.8, 4) is 0 Å². The van der Waals surface area contributed by atoms with Crippen molar-refractivity contribution in [3.63, 3.8) is 0 Å². The normalized spacial score (nSPS) is 24.4. The standard InChI is InChI=1S/C17H28N4O/c1-4-19(2)14-12-17(9-6-5-7-10-17)21(13-14)16(22)15-8-11-18-20(15)3/h8,11,14H,4-7,9-10,12-13H2,1-3H3/t14-/m1/s1. The maximum absolute atomic E-state index is 13.1. The van der Waals surface area contributed by atoms with E-state index in [0.717, 1.165) is 32.4 Å². The summed E-state index contributed by atoms with van der Waals surface area (Å²) < 4.78 is 1.70. The smallest absolute Gasteiger partial charge is 0.272 e. The summed E-state index contributed by atoms with van der Waals surface area (Å²) in [5.74, 6) is 0.161. The summed E-state index contributed by atoms with van der Waals surface area (Å²) >= 11 is 0. The molecule has 2 fully saturated rings. The Kier molecular flexibility index (Phi) is 4.26. The molecular formula is C17H28N4O. The molecular weight excluding hydrogens is 276 g/mol. The van der Waals surface area contributed by atoms with Gasteiger partial charge in [-0.15, -0.1) is 0 Å². The lowest BCUT2D eigenvalue weighted by atomic mass is 9.79. The molecule has 1 spiro atoms. The van der Waals surface area contributed by atoms with Gasteiger partial charge in [-0.3, -0.25) is 9.48 Å². The van der Waals surface area contributed by atoms with Crippen LogP contribution in [0.3, 0.4) is 0 Å². The van der Waals surface area contributed by atoms with Gasteiger partial charge in [0.2, 0.25) is 0 Å². The lowest BCUT2D eigenvalue weighted by Crippen LogP contribution is -2.49. The predicted molar refractivity (Wildman–Crippen MR) is 86.8 cm³/mol. The van der Waals surface area contributed by atoms with Crippen molar-refractivity contribution in [2.45, 2.75) is 57.0 Å². The van der Waals surface area contributed by atoms with Gasteiger partial charge in [-0.1, -0.05) is 26.2 Å². The first kappa shape index (κ1) is 15.5. The number of carbonyl (C=O) groups is 1. The Morgan fingerprint density at radius 3 is 2.73 bits per heavy atom. The van der Waals surface area contributed by atoms with Gasteiger partial charge in [0.25, 0.3) is 5.91 Å². The van der Waals surface area contributed by atoms with Crippen LogP contribution in [0.15, 0.2) is 12.3 Å². The molecule has 0 N–H and O–H groups in total. The molecule has 0 unspecified atom stereocenters. The molecule has 3 rings (SSSR count). The molecule has 5 heteroatoms. The highest BCUT2D eigenvalue weighted by Gasteiger charge is 2.49. The average Bonchev–Trinajstić information content (AvgIpc) is 3.11. The molecule has 2 heterocycles. The fourth-order valence-electron chi connectivity index (χ4n) is 4.28. The van der Waals surface area contributed by atoms with E-state index < -0.39 is 0 Å². The quantitative estimate of drug-likeness (QED) is 0.860. The van der Waals surface area contributed by atoms with Gasteiger partial charge in [0.05, 0.1) is 0 Å². The van der Waals surface area contributed by atoms with Crippen molar-refractivity contribution in [1.29, 1.82) is 0 Å². The Balaban J connectivity index is 1.89. The second-order valence-electron chi connectivity index (χ2n) is 6.97. The summed E-state index contributed by atoms with van der Waals surface area (Å²) in [6, 6.07) is 2.33. The maximum atomic E-state index is 13.1. The zero-order valence-electron chi connectivity index (χ0n) is 14.1. The minimum absolute atomic E-state index is 0.0771. The maximum Gasteiger partial charge on any atom is 0.272 e. The first-order valence-electron chi connectivity index (χ1n) is 8.57. The molecule has 1 saturated heterocycles. The number of rotatable bonds is 3. The summed E-state index contributed by atoms with van der Waals surface area (Å²) in [6.45, 7) is 4.09. The second-order valence-corrected chi connectivity index (χ2v) is 6.97. The molecule has 1 atom stereocenters. The minimum atomic E-state index is 0.0771. The number of hydrogen-bond donors (Lipinski definition) is 0. The van der Waals surface area contributed by atoms with Gasteiger partial charge in [-0.25, -0.2) is 0 Å². The molecule has 1 aromatic rings. The first-order chi connectivity index (χ1) is 10.6. The van der Waals surface area contributed by atoms with E-state index in [1.165, 1.54) is 19.3 Å². The Labute approximate surface area is 133 Å². The SMILES string of the molecule is CCN(C)[C@H]1CN(C(=O)c2ccnn2C)C2(CCCCC2)C1. The Morgan fingerprint density at radius 2 is 2.14 bits per heavy atom. The number of hydrogen-bond acceptors (Lipinski definition) is 3. The number of nitrogens with zero attached hydrogens (tertiary/aromatic N) is 4. The van der Waals surface area contributed by atoms with Gasteiger partial charge in [0.15, 0.2) is 0 Å². The molecule has 1 aliphatic carbocycles. The highest BCUT2D eigenvalue weighted by atomic mass is 16.2. The molecule has 0 aromatic carbocycles. The van der Waals surface area contributed by atoms with Crippen LogP contribution in [-0.4, -0.2) is 57.2 Å². The third-order valence-electron chi connectivity index (χ3n) is 5.77. The van der Waals surface area contributed by atoms with E-state index in [-0.39, 0.29) is 11.4 Å². The molecule has 1 saturated carbocycles. The van der Waals surface area contributed by atoms with Crippen LogP contribution in [0.4, 0.5) is 0 Å². The summed E-state index contributed by atoms with van der Waals surface area (Å²) in [5.41, 5.74) is 0.790. The molecule has 1 aromatic heterocycles. The second kappa shape index (κ2) is 6.03. The number of aromatic nitrogens is 2. The Hall–Kier alpha value is -1.36. The van der Waals surface area contributed by atoms with Crippen molar-refractivity contribution in [3.05, 3.63) is 18.0 Å². The highest BCUT2D eigenvalue weighted by Crippen LogP contribution is 2.43. The molecule has 5 nitrogen and oxygen atoms in total. The average molecular weight is 304 g/mol. The molecule has 2 aliphatic rings. The van der Waals surface area contributed by atoms with Crippen molar-refractivity contribution in [1.82, 2.24) is 19.6 Å². The topological polar surface area (TPSA) is 41.4 Å². The third kappa shape index (κ3) is 2.56. The Bertz CT molecular complexity index is 533. The van der Waals surface area contributed by atoms with Gasteiger partial charge in [0, 0.05) is 31.4 Å². The minimum Gasteiger partial charge on any atom is -0.330 e. The van der Waals surface area contributed by atoms with Crippen molar-refractivity contribution >= 4 is 5.91 Å². The lowest BCUT2D eigenvalue weighted by Gasteiger charge is -2.41. The van der Waals surface area contributed by atoms with Crippen LogP contribution in [0.5, 0.6) is 0 Å². The highest BCUT2D eigenvalue weighted by molar-refractivity contribution is 5.93. The van der Waals surface area contributed by atoms with Crippen LogP contribution >= 0.6 is 0 Å². The third-order valence-corrected chi connectivity index (χ3v) is 5.77. The number of amides is 1. The summed E-state index contributed by atoms with van der Waals surface area (Å²) in [4.78, 5) is 17.7. The number of aryl methyl sites for hydroxylation is 1. The van der Waals surface area contributed by atoms with E-state index >= 15 is 0 Å². The molecule has 122 valence electrons. The van der Waals surface area contributed by atoms with Gasteiger partial charge >= 0.3 is 0 Å². The van der Waals surface area contributed by atoms with Gasteiger partial charge in [-0.2, -0.15) is 5.10 Å².